The van der Waals surface area contributed by atoms with Crippen molar-refractivity contribution in [2.45, 2.75) is 19.8 Å². The first kappa shape index (κ1) is 5.83. The van der Waals surface area contributed by atoms with Crippen molar-refractivity contribution in [3.8, 4) is 0 Å². The molecule has 8 heavy (non-hydrogen) atoms. The third-order valence-corrected chi connectivity index (χ3v) is 1.47. The summed E-state index contributed by atoms with van der Waals surface area (Å²) < 4.78 is 0. The molecule has 0 unspecified atom stereocenters. The highest BCUT2D eigenvalue weighted by Crippen LogP contribution is 2.05. The molecule has 46 valence electrons. The Labute approximate surface area is 50.8 Å². The van der Waals surface area contributed by atoms with Crippen molar-refractivity contribution in [3.63, 3.8) is 0 Å². The number of allylic oxidation sites excluding steroid dienone is 1. The van der Waals surface area contributed by atoms with Gasteiger partial charge in [0.25, 0.3) is 0 Å². The van der Waals surface area contributed by atoms with Gasteiger partial charge in [-0.2, -0.15) is 0 Å². The Kier molecular flexibility index (Phi) is 2.10. The monoisotopic (exact) mass is 111 g/mol. The van der Waals surface area contributed by atoms with Crippen molar-refractivity contribution < 1.29 is 0 Å². The minimum absolute atomic E-state index is 1.13. The first-order valence-corrected chi connectivity index (χ1v) is 3.32. The van der Waals surface area contributed by atoms with Gasteiger partial charge in [0.1, 0.15) is 0 Å². The summed E-state index contributed by atoms with van der Waals surface area (Å²) in [5.41, 5.74) is 1.59. The summed E-state index contributed by atoms with van der Waals surface area (Å²) in [6.07, 6.45) is 4.78. The molecule has 0 spiro atoms. The minimum Gasteiger partial charge on any atom is -0.313 e. The highest BCUT2D eigenvalue weighted by Gasteiger charge is 2.02. The molecule has 1 fully saturated rings. The van der Waals surface area contributed by atoms with Crippen molar-refractivity contribution in [1.82, 2.24) is 5.32 Å². The molecule has 1 nitrogen and oxygen atoms in total. The molecule has 1 aliphatic heterocycles. The topological polar surface area (TPSA) is 12.0 Å². The molecule has 1 saturated heterocycles. The van der Waals surface area contributed by atoms with Gasteiger partial charge in [-0.1, -0.05) is 18.6 Å². The Morgan fingerprint density at radius 3 is 3.12 bits per heavy atom. The average Bonchev–Trinajstić information content (AvgIpc) is 2.19. The van der Waals surface area contributed by atoms with Crippen molar-refractivity contribution in [2.75, 3.05) is 13.1 Å². The number of hydrogen-bond donors (Lipinski definition) is 1. The third kappa shape index (κ3) is 1.34. The van der Waals surface area contributed by atoms with Crippen molar-refractivity contribution in [3.05, 3.63) is 11.6 Å². The van der Waals surface area contributed by atoms with Crippen LogP contribution in [0.25, 0.3) is 0 Å². The minimum atomic E-state index is 1.13. The van der Waals surface area contributed by atoms with Crippen LogP contribution in [0.2, 0.25) is 0 Å². The second kappa shape index (κ2) is 2.88. The van der Waals surface area contributed by atoms with E-state index in [1.807, 2.05) is 0 Å². The lowest BCUT2D eigenvalue weighted by Crippen LogP contribution is -2.04. The predicted octanol–water partition coefficient (Wildman–Crippen LogP) is 1.32. The Morgan fingerprint density at radius 2 is 2.62 bits per heavy atom. The molecule has 0 radical (unpaired) electrons. The second-order valence-corrected chi connectivity index (χ2v) is 2.20. The summed E-state index contributed by atoms with van der Waals surface area (Å²) in [5.74, 6) is 0. The molecule has 1 heterocycles. The van der Waals surface area contributed by atoms with E-state index in [-0.39, 0.29) is 0 Å². The van der Waals surface area contributed by atoms with Crippen molar-refractivity contribution >= 4 is 0 Å². The van der Waals surface area contributed by atoms with E-state index in [0.29, 0.717) is 0 Å². The zero-order chi connectivity index (χ0) is 5.82. The maximum absolute atomic E-state index is 3.29. The molecular weight excluding hydrogens is 98.1 g/mol. The summed E-state index contributed by atoms with van der Waals surface area (Å²) in [6.45, 7) is 4.50. The van der Waals surface area contributed by atoms with E-state index in [1.165, 1.54) is 19.4 Å². The fourth-order valence-corrected chi connectivity index (χ4v) is 1.05. The Hall–Kier alpha value is -0.300. The number of nitrogens with one attached hydrogen (secondary N) is 1. The van der Waals surface area contributed by atoms with Crippen LogP contribution in [0.1, 0.15) is 19.8 Å². The normalized spacial score (nSPS) is 24.9. The van der Waals surface area contributed by atoms with Crippen LogP contribution in [0.5, 0.6) is 0 Å². The maximum Gasteiger partial charge on any atom is 0.0165 e. The molecule has 0 aromatic carbocycles. The fraction of sp³-hybridized carbons (Fsp3) is 0.714. The van der Waals surface area contributed by atoms with Gasteiger partial charge in [0.2, 0.25) is 0 Å². The molecule has 1 N–H and O–H groups in total. The molecule has 1 rings (SSSR count). The molecule has 0 atom stereocenters. The van der Waals surface area contributed by atoms with E-state index < -0.39 is 0 Å². The SMILES string of the molecule is CCC=C1CCNC1. The van der Waals surface area contributed by atoms with Crippen LogP contribution in [0.4, 0.5) is 0 Å². The number of rotatable bonds is 1. The van der Waals surface area contributed by atoms with Gasteiger partial charge in [-0.05, 0) is 19.4 Å². The number of hydrogen-bond acceptors (Lipinski definition) is 1. The van der Waals surface area contributed by atoms with Crippen LogP contribution in [-0.2, 0) is 0 Å². The summed E-state index contributed by atoms with van der Waals surface area (Å²) in [4.78, 5) is 0. The Bertz CT molecular complexity index is 86.6. The molecule has 0 aromatic rings. The van der Waals surface area contributed by atoms with Gasteiger partial charge < -0.3 is 5.32 Å². The zero-order valence-corrected chi connectivity index (χ0v) is 5.41. The first-order chi connectivity index (χ1) is 3.93. The van der Waals surface area contributed by atoms with Crippen LogP contribution in [-0.4, -0.2) is 13.1 Å². The van der Waals surface area contributed by atoms with Gasteiger partial charge in [0, 0.05) is 6.54 Å². The second-order valence-electron chi connectivity index (χ2n) is 2.20. The lowest BCUT2D eigenvalue weighted by atomic mass is 10.2. The summed E-state index contributed by atoms with van der Waals surface area (Å²) >= 11 is 0. The molecular formula is C7H13N. The standard InChI is InChI=1S/C7H13N/c1-2-3-7-4-5-8-6-7/h3,8H,2,4-6H2,1H3. The van der Waals surface area contributed by atoms with E-state index in [0.717, 1.165) is 6.54 Å². The highest BCUT2D eigenvalue weighted by atomic mass is 14.9. The van der Waals surface area contributed by atoms with Gasteiger partial charge in [0.15, 0.2) is 0 Å². The van der Waals surface area contributed by atoms with E-state index >= 15 is 0 Å². The lowest BCUT2D eigenvalue weighted by Gasteiger charge is -1.88. The maximum atomic E-state index is 3.29. The van der Waals surface area contributed by atoms with Crippen LogP contribution in [0, 0.1) is 0 Å². The Morgan fingerprint density at radius 1 is 1.75 bits per heavy atom. The lowest BCUT2D eigenvalue weighted by molar-refractivity contribution is 0.862. The van der Waals surface area contributed by atoms with E-state index in [4.69, 9.17) is 0 Å². The van der Waals surface area contributed by atoms with E-state index in [2.05, 4.69) is 18.3 Å². The Balaban J connectivity index is 2.33. The summed E-state index contributed by atoms with van der Waals surface area (Å²) in [6, 6.07) is 0. The summed E-state index contributed by atoms with van der Waals surface area (Å²) in [5, 5.41) is 3.29. The van der Waals surface area contributed by atoms with Crippen LogP contribution in [0.3, 0.4) is 0 Å². The molecule has 0 saturated carbocycles. The van der Waals surface area contributed by atoms with Gasteiger partial charge >= 0.3 is 0 Å². The van der Waals surface area contributed by atoms with Gasteiger partial charge in [-0.25, -0.2) is 0 Å². The van der Waals surface area contributed by atoms with Crippen LogP contribution in [0.15, 0.2) is 11.6 Å². The molecule has 1 heteroatoms. The molecule has 1 aliphatic rings. The average molecular weight is 111 g/mol. The predicted molar refractivity (Wildman–Crippen MR) is 35.9 cm³/mol. The smallest absolute Gasteiger partial charge is 0.0165 e. The largest absolute Gasteiger partial charge is 0.313 e. The fourth-order valence-electron chi connectivity index (χ4n) is 1.05. The third-order valence-electron chi connectivity index (χ3n) is 1.47. The van der Waals surface area contributed by atoms with Crippen molar-refractivity contribution in [2.24, 2.45) is 0 Å². The highest BCUT2D eigenvalue weighted by molar-refractivity contribution is 5.08. The van der Waals surface area contributed by atoms with Crippen LogP contribution >= 0.6 is 0 Å². The van der Waals surface area contributed by atoms with E-state index in [1.54, 1.807) is 5.57 Å². The molecule has 0 aliphatic carbocycles. The molecule has 0 aromatic heterocycles. The molecule has 0 bridgehead atoms. The zero-order valence-electron chi connectivity index (χ0n) is 5.41. The first-order valence-electron chi connectivity index (χ1n) is 3.32. The quantitative estimate of drug-likeness (QED) is 0.503. The van der Waals surface area contributed by atoms with Gasteiger partial charge in [0.05, 0.1) is 0 Å². The van der Waals surface area contributed by atoms with Crippen LogP contribution < -0.4 is 5.32 Å². The summed E-state index contributed by atoms with van der Waals surface area (Å²) in [7, 11) is 0. The van der Waals surface area contributed by atoms with Gasteiger partial charge in [-0.15, -0.1) is 0 Å². The van der Waals surface area contributed by atoms with Gasteiger partial charge in [-0.3, -0.25) is 0 Å². The van der Waals surface area contributed by atoms with E-state index in [9.17, 15) is 0 Å². The molecule has 0 amide bonds. The van der Waals surface area contributed by atoms with Crippen molar-refractivity contribution in [1.29, 1.82) is 0 Å².